The number of rotatable bonds is 2. The Kier molecular flexibility index (Phi) is 3.94. The smallest absolute Gasteiger partial charge is 0.225 e. The predicted molar refractivity (Wildman–Crippen MR) is 86.7 cm³/mol. The third-order valence-corrected chi connectivity index (χ3v) is 4.65. The number of aromatic amines is 1. The number of halogens is 1. The van der Waals surface area contributed by atoms with Crippen molar-refractivity contribution >= 4 is 28.4 Å². The van der Waals surface area contributed by atoms with Crippen LogP contribution in [0.5, 0.6) is 0 Å². The van der Waals surface area contributed by atoms with Crippen molar-refractivity contribution in [2.75, 3.05) is 13.1 Å². The van der Waals surface area contributed by atoms with E-state index in [1.165, 1.54) is 10.9 Å². The van der Waals surface area contributed by atoms with E-state index in [2.05, 4.69) is 17.2 Å². The first-order valence-corrected chi connectivity index (χ1v) is 7.99. The Morgan fingerprint density at radius 1 is 1.33 bits per heavy atom. The van der Waals surface area contributed by atoms with Crippen molar-refractivity contribution in [3.8, 4) is 0 Å². The van der Waals surface area contributed by atoms with Crippen LogP contribution in [0.3, 0.4) is 0 Å². The van der Waals surface area contributed by atoms with Gasteiger partial charge in [-0.15, -0.1) is 0 Å². The van der Waals surface area contributed by atoms with Gasteiger partial charge in [0.15, 0.2) is 0 Å². The molecule has 21 heavy (non-hydrogen) atoms. The minimum Gasteiger partial charge on any atom is -0.361 e. The van der Waals surface area contributed by atoms with Gasteiger partial charge in [-0.05, 0) is 36.5 Å². The Morgan fingerprint density at radius 3 is 2.71 bits per heavy atom. The Morgan fingerprint density at radius 2 is 2.05 bits per heavy atom. The number of likely N-dealkylation sites (tertiary alicyclic amines) is 1. The lowest BCUT2D eigenvalue weighted by Gasteiger charge is -2.33. The van der Waals surface area contributed by atoms with Gasteiger partial charge in [-0.25, -0.2) is 0 Å². The number of carbonyl (C=O) groups is 1. The monoisotopic (exact) mass is 304 g/mol. The first-order valence-electron chi connectivity index (χ1n) is 7.61. The molecule has 3 rings (SSSR count). The van der Waals surface area contributed by atoms with Crippen LogP contribution in [0.1, 0.15) is 38.2 Å². The first-order chi connectivity index (χ1) is 10.1. The van der Waals surface area contributed by atoms with Crippen LogP contribution < -0.4 is 0 Å². The van der Waals surface area contributed by atoms with E-state index in [0.29, 0.717) is 5.92 Å². The highest BCUT2D eigenvalue weighted by Gasteiger charge is 2.26. The van der Waals surface area contributed by atoms with Crippen molar-refractivity contribution < 1.29 is 4.79 Å². The molecule has 112 valence electrons. The summed E-state index contributed by atoms with van der Waals surface area (Å²) in [5.41, 5.74) is 2.46. The average Bonchev–Trinajstić information content (AvgIpc) is 2.89. The molecule has 1 N–H and O–H groups in total. The Labute approximate surface area is 130 Å². The molecule has 3 nitrogen and oxygen atoms in total. The van der Waals surface area contributed by atoms with Crippen LogP contribution >= 0.6 is 11.6 Å². The quantitative estimate of drug-likeness (QED) is 0.887. The molecule has 1 aliphatic rings. The van der Waals surface area contributed by atoms with Crippen molar-refractivity contribution in [2.24, 2.45) is 5.92 Å². The molecule has 2 heterocycles. The number of benzene rings is 1. The summed E-state index contributed by atoms with van der Waals surface area (Å²) >= 11 is 6.03. The molecule has 0 radical (unpaired) electrons. The molecule has 1 aromatic heterocycles. The van der Waals surface area contributed by atoms with Gasteiger partial charge in [0.05, 0.1) is 0 Å². The molecule has 1 amide bonds. The number of nitrogens with one attached hydrogen (secondary N) is 1. The van der Waals surface area contributed by atoms with Crippen molar-refractivity contribution in [3.05, 3.63) is 35.0 Å². The number of hydrogen-bond donors (Lipinski definition) is 1. The highest BCUT2D eigenvalue weighted by Crippen LogP contribution is 2.34. The van der Waals surface area contributed by atoms with Crippen LogP contribution in [0.15, 0.2) is 24.4 Å². The molecule has 4 heteroatoms. The normalized spacial score (nSPS) is 16.9. The van der Waals surface area contributed by atoms with Crippen molar-refractivity contribution in [3.63, 3.8) is 0 Å². The molecule has 1 saturated heterocycles. The van der Waals surface area contributed by atoms with Gasteiger partial charge >= 0.3 is 0 Å². The molecular weight excluding hydrogens is 284 g/mol. The third kappa shape index (κ3) is 2.80. The maximum atomic E-state index is 12.0. The van der Waals surface area contributed by atoms with E-state index >= 15 is 0 Å². The maximum Gasteiger partial charge on any atom is 0.225 e. The fourth-order valence-electron chi connectivity index (χ4n) is 3.23. The van der Waals surface area contributed by atoms with Crippen LogP contribution in [0, 0.1) is 5.92 Å². The Hall–Kier alpha value is -1.48. The largest absolute Gasteiger partial charge is 0.361 e. The lowest BCUT2D eigenvalue weighted by Crippen LogP contribution is -2.40. The van der Waals surface area contributed by atoms with Gasteiger partial charge < -0.3 is 9.88 Å². The van der Waals surface area contributed by atoms with Gasteiger partial charge in [0.1, 0.15) is 0 Å². The van der Waals surface area contributed by atoms with Gasteiger partial charge in [-0.1, -0.05) is 31.5 Å². The van der Waals surface area contributed by atoms with Gasteiger partial charge in [-0.2, -0.15) is 0 Å². The molecule has 1 aromatic carbocycles. The van der Waals surface area contributed by atoms with E-state index in [0.717, 1.165) is 36.5 Å². The summed E-state index contributed by atoms with van der Waals surface area (Å²) in [6.07, 6.45) is 4.17. The maximum absolute atomic E-state index is 12.0. The summed E-state index contributed by atoms with van der Waals surface area (Å²) in [5.74, 6) is 0.895. The zero-order valence-corrected chi connectivity index (χ0v) is 13.3. The van der Waals surface area contributed by atoms with Crippen molar-refractivity contribution in [2.45, 2.75) is 32.6 Å². The Bertz CT molecular complexity index is 654. The SMILES string of the molecule is CC(C)C(=O)N1CCC(c2c[nH]c3cc(Cl)ccc23)CC1. The molecule has 0 unspecified atom stereocenters. The summed E-state index contributed by atoms with van der Waals surface area (Å²) < 4.78 is 0. The van der Waals surface area contributed by atoms with E-state index in [9.17, 15) is 4.79 Å². The van der Waals surface area contributed by atoms with E-state index < -0.39 is 0 Å². The average molecular weight is 305 g/mol. The third-order valence-electron chi connectivity index (χ3n) is 4.42. The highest BCUT2D eigenvalue weighted by molar-refractivity contribution is 6.31. The van der Waals surface area contributed by atoms with Crippen LogP contribution in [0.4, 0.5) is 0 Å². The van der Waals surface area contributed by atoms with Crippen LogP contribution in [0.25, 0.3) is 10.9 Å². The topological polar surface area (TPSA) is 36.1 Å². The number of hydrogen-bond acceptors (Lipinski definition) is 1. The zero-order valence-electron chi connectivity index (χ0n) is 12.5. The first kappa shape index (κ1) is 14.5. The molecule has 1 fully saturated rings. The summed E-state index contributed by atoms with van der Waals surface area (Å²) in [5, 5.41) is 2.02. The number of amides is 1. The van der Waals surface area contributed by atoms with Crippen molar-refractivity contribution in [1.29, 1.82) is 0 Å². The summed E-state index contributed by atoms with van der Waals surface area (Å²) in [6.45, 7) is 5.67. The van der Waals surface area contributed by atoms with E-state index in [4.69, 9.17) is 11.6 Å². The van der Waals surface area contributed by atoms with Gasteiger partial charge in [-0.3, -0.25) is 4.79 Å². The fraction of sp³-hybridized carbons (Fsp3) is 0.471. The van der Waals surface area contributed by atoms with Crippen LogP contribution in [-0.4, -0.2) is 28.9 Å². The minimum atomic E-state index is 0.0942. The molecule has 2 aromatic rings. The molecule has 0 saturated carbocycles. The second kappa shape index (κ2) is 5.72. The van der Waals surface area contributed by atoms with Gasteiger partial charge in [0.25, 0.3) is 0 Å². The highest BCUT2D eigenvalue weighted by atomic mass is 35.5. The summed E-state index contributed by atoms with van der Waals surface area (Å²) in [7, 11) is 0. The Balaban J connectivity index is 1.75. The number of H-pyrrole nitrogens is 1. The number of fused-ring (bicyclic) bond motifs is 1. The molecule has 1 aliphatic heterocycles. The molecule has 0 bridgehead atoms. The van der Waals surface area contributed by atoms with E-state index in [1.54, 1.807) is 0 Å². The summed E-state index contributed by atoms with van der Waals surface area (Å²) in [6, 6.07) is 6.01. The molecular formula is C17H21ClN2O. The number of aromatic nitrogens is 1. The second-order valence-corrected chi connectivity index (χ2v) is 6.62. The number of nitrogens with zero attached hydrogens (tertiary/aromatic N) is 1. The molecule has 0 aliphatic carbocycles. The number of carbonyl (C=O) groups excluding carboxylic acids is 1. The standard InChI is InChI=1S/C17H21ClN2O/c1-11(2)17(21)20-7-5-12(6-8-20)15-10-19-16-9-13(18)3-4-14(15)16/h3-4,9-12,19H,5-8H2,1-2H3. The van der Waals surface area contributed by atoms with Crippen molar-refractivity contribution in [1.82, 2.24) is 9.88 Å². The minimum absolute atomic E-state index is 0.0942. The predicted octanol–water partition coefficient (Wildman–Crippen LogP) is 4.18. The molecule has 0 atom stereocenters. The summed E-state index contributed by atoms with van der Waals surface area (Å²) in [4.78, 5) is 17.4. The van der Waals surface area contributed by atoms with Crippen LogP contribution in [-0.2, 0) is 4.79 Å². The lowest BCUT2D eigenvalue weighted by atomic mass is 9.89. The van der Waals surface area contributed by atoms with E-state index in [1.807, 2.05) is 30.9 Å². The van der Waals surface area contributed by atoms with Gasteiger partial charge in [0.2, 0.25) is 5.91 Å². The van der Waals surface area contributed by atoms with E-state index in [-0.39, 0.29) is 11.8 Å². The van der Waals surface area contributed by atoms with Crippen LogP contribution in [0.2, 0.25) is 5.02 Å². The fourth-order valence-corrected chi connectivity index (χ4v) is 3.41. The molecule has 0 spiro atoms. The zero-order chi connectivity index (χ0) is 15.0. The number of piperidine rings is 1. The van der Waals surface area contributed by atoms with Gasteiger partial charge in [0, 0.05) is 41.1 Å². The second-order valence-electron chi connectivity index (χ2n) is 6.19. The lowest BCUT2D eigenvalue weighted by molar-refractivity contribution is -0.135.